The average Bonchev–Trinajstić information content (AvgIpc) is 3.37. The lowest BCUT2D eigenvalue weighted by atomic mass is 10.2. The van der Waals surface area contributed by atoms with Gasteiger partial charge in [0, 0.05) is 48.0 Å². The van der Waals surface area contributed by atoms with Crippen molar-refractivity contribution in [3.05, 3.63) is 72.1 Å². The van der Waals surface area contributed by atoms with Crippen LogP contribution in [0.2, 0.25) is 0 Å². The molecule has 0 bridgehead atoms. The van der Waals surface area contributed by atoms with Gasteiger partial charge >= 0.3 is 0 Å². The zero-order chi connectivity index (χ0) is 19.1. The molecule has 1 saturated heterocycles. The molecule has 0 saturated carbocycles. The highest BCUT2D eigenvalue weighted by atomic mass is 16.2. The monoisotopic (exact) mass is 372 g/mol. The van der Waals surface area contributed by atoms with E-state index in [2.05, 4.69) is 9.97 Å². The largest absolute Gasteiger partial charge is 0.351 e. The number of benzene rings is 2. The van der Waals surface area contributed by atoms with Crippen molar-refractivity contribution in [2.45, 2.75) is 0 Å². The van der Waals surface area contributed by atoms with E-state index < -0.39 is 0 Å². The van der Waals surface area contributed by atoms with Gasteiger partial charge in [0.1, 0.15) is 11.4 Å². The number of nitrogens with zero attached hydrogens (tertiary/aromatic N) is 2. The molecule has 2 amide bonds. The average molecular weight is 372 g/mol. The Balaban J connectivity index is 1.27. The molecule has 3 heterocycles. The van der Waals surface area contributed by atoms with Crippen molar-refractivity contribution >= 4 is 33.6 Å². The van der Waals surface area contributed by atoms with E-state index >= 15 is 0 Å². The second-order valence-corrected chi connectivity index (χ2v) is 7.12. The van der Waals surface area contributed by atoms with Gasteiger partial charge in [-0.3, -0.25) is 9.59 Å². The highest BCUT2D eigenvalue weighted by Gasteiger charge is 2.27. The molecule has 1 fully saturated rings. The fraction of sp³-hybridized carbons (Fsp3) is 0.182. The number of hydrogen-bond donors (Lipinski definition) is 2. The van der Waals surface area contributed by atoms with Gasteiger partial charge in [0.25, 0.3) is 11.8 Å². The fourth-order valence-corrected chi connectivity index (χ4v) is 3.83. The van der Waals surface area contributed by atoms with E-state index in [0.29, 0.717) is 37.6 Å². The molecule has 0 unspecified atom stereocenters. The first-order valence-corrected chi connectivity index (χ1v) is 9.43. The Bertz CT molecular complexity index is 1020. The minimum atomic E-state index is -0.0195. The standard InChI is InChI=1S/C22H20N4O2/c27-21(19-13-15-5-1-3-7-17(15)23-19)25-9-11-26(12-10-25)22(28)20-14-16-6-2-4-8-18(16)24-20/h1-8,13-14,23-24H,9-12H2. The fourth-order valence-electron chi connectivity index (χ4n) is 3.83. The van der Waals surface area contributed by atoms with Crippen LogP contribution in [0.5, 0.6) is 0 Å². The van der Waals surface area contributed by atoms with Crippen LogP contribution in [0.1, 0.15) is 21.0 Å². The molecular formula is C22H20N4O2. The van der Waals surface area contributed by atoms with Crippen LogP contribution in [-0.2, 0) is 0 Å². The molecule has 6 heteroatoms. The van der Waals surface area contributed by atoms with E-state index in [-0.39, 0.29) is 11.8 Å². The second kappa shape index (κ2) is 6.56. The van der Waals surface area contributed by atoms with Crippen LogP contribution >= 0.6 is 0 Å². The maximum atomic E-state index is 12.8. The molecule has 1 aliphatic rings. The summed E-state index contributed by atoms with van der Waals surface area (Å²) in [4.78, 5) is 35.6. The number of aromatic nitrogens is 2. The summed E-state index contributed by atoms with van der Waals surface area (Å²) in [6.45, 7) is 2.11. The van der Waals surface area contributed by atoms with Crippen LogP contribution in [0, 0.1) is 0 Å². The van der Waals surface area contributed by atoms with E-state index in [0.717, 1.165) is 21.8 Å². The van der Waals surface area contributed by atoms with Crippen LogP contribution in [0.3, 0.4) is 0 Å². The van der Waals surface area contributed by atoms with Crippen molar-refractivity contribution in [2.75, 3.05) is 26.2 Å². The van der Waals surface area contributed by atoms with Crippen LogP contribution in [0.25, 0.3) is 21.8 Å². The Kier molecular flexibility index (Phi) is 3.90. The summed E-state index contributed by atoms with van der Waals surface area (Å²) in [6, 6.07) is 19.5. The Morgan fingerprint density at radius 3 is 1.43 bits per heavy atom. The maximum absolute atomic E-state index is 12.8. The SMILES string of the molecule is O=C(c1cc2ccccc2[nH]1)N1CCN(C(=O)c2cc3ccccc3[nH]2)CC1. The quantitative estimate of drug-likeness (QED) is 0.567. The van der Waals surface area contributed by atoms with Crippen molar-refractivity contribution in [3.63, 3.8) is 0 Å². The molecule has 28 heavy (non-hydrogen) atoms. The molecule has 5 rings (SSSR count). The molecule has 4 aromatic rings. The molecule has 0 radical (unpaired) electrons. The van der Waals surface area contributed by atoms with Gasteiger partial charge in [0.15, 0.2) is 0 Å². The first-order chi connectivity index (χ1) is 13.7. The number of rotatable bonds is 2. The zero-order valence-electron chi connectivity index (χ0n) is 15.3. The van der Waals surface area contributed by atoms with Gasteiger partial charge in [0.2, 0.25) is 0 Å². The summed E-state index contributed by atoms with van der Waals surface area (Å²) in [5.41, 5.74) is 3.10. The number of H-pyrrole nitrogens is 2. The van der Waals surface area contributed by atoms with E-state index in [1.165, 1.54) is 0 Å². The molecule has 140 valence electrons. The smallest absolute Gasteiger partial charge is 0.270 e. The van der Waals surface area contributed by atoms with E-state index in [4.69, 9.17) is 0 Å². The molecule has 1 aliphatic heterocycles. The predicted octanol–water partition coefficient (Wildman–Crippen LogP) is 3.25. The van der Waals surface area contributed by atoms with Crippen molar-refractivity contribution < 1.29 is 9.59 Å². The normalized spacial score (nSPS) is 14.7. The highest BCUT2D eigenvalue weighted by Crippen LogP contribution is 2.19. The summed E-state index contributed by atoms with van der Waals surface area (Å²) in [5, 5.41) is 2.05. The second-order valence-electron chi connectivity index (χ2n) is 7.12. The number of carbonyl (C=O) groups is 2. The first kappa shape index (κ1) is 16.6. The summed E-state index contributed by atoms with van der Waals surface area (Å²) < 4.78 is 0. The Hall–Kier alpha value is -3.54. The van der Waals surface area contributed by atoms with E-state index in [9.17, 15) is 9.59 Å². The third-order valence-electron chi connectivity index (χ3n) is 5.37. The summed E-state index contributed by atoms with van der Waals surface area (Å²) in [5.74, 6) is -0.0391. The van der Waals surface area contributed by atoms with Crippen molar-refractivity contribution in [2.24, 2.45) is 0 Å². The number of aromatic amines is 2. The van der Waals surface area contributed by atoms with Gasteiger partial charge < -0.3 is 19.8 Å². The topological polar surface area (TPSA) is 72.2 Å². The number of piperazine rings is 1. The van der Waals surface area contributed by atoms with E-state index in [1.54, 1.807) is 9.80 Å². The van der Waals surface area contributed by atoms with Crippen molar-refractivity contribution in [1.29, 1.82) is 0 Å². The molecule has 2 N–H and O–H groups in total. The van der Waals surface area contributed by atoms with Gasteiger partial charge in [-0.15, -0.1) is 0 Å². The lowest BCUT2D eigenvalue weighted by molar-refractivity contribution is 0.0530. The Morgan fingerprint density at radius 2 is 1.04 bits per heavy atom. The minimum Gasteiger partial charge on any atom is -0.351 e. The van der Waals surface area contributed by atoms with Gasteiger partial charge in [0.05, 0.1) is 0 Å². The molecule has 0 aliphatic carbocycles. The molecule has 0 atom stereocenters. The molecule has 6 nitrogen and oxygen atoms in total. The summed E-state index contributed by atoms with van der Waals surface area (Å²) in [7, 11) is 0. The molecule has 2 aromatic carbocycles. The third-order valence-corrected chi connectivity index (χ3v) is 5.37. The van der Waals surface area contributed by atoms with Crippen LogP contribution in [0.4, 0.5) is 0 Å². The van der Waals surface area contributed by atoms with Crippen molar-refractivity contribution in [3.8, 4) is 0 Å². The third kappa shape index (κ3) is 2.83. The predicted molar refractivity (Wildman–Crippen MR) is 108 cm³/mol. The van der Waals surface area contributed by atoms with Gasteiger partial charge in [-0.05, 0) is 24.3 Å². The highest BCUT2D eigenvalue weighted by molar-refractivity contribution is 5.99. The van der Waals surface area contributed by atoms with Crippen LogP contribution in [-0.4, -0.2) is 57.8 Å². The zero-order valence-corrected chi connectivity index (χ0v) is 15.3. The lowest BCUT2D eigenvalue weighted by Crippen LogP contribution is -2.50. The summed E-state index contributed by atoms with van der Waals surface area (Å²) >= 11 is 0. The lowest BCUT2D eigenvalue weighted by Gasteiger charge is -2.34. The number of para-hydroxylation sites is 2. The first-order valence-electron chi connectivity index (χ1n) is 9.43. The summed E-state index contributed by atoms with van der Waals surface area (Å²) in [6.07, 6.45) is 0. The number of carbonyl (C=O) groups excluding carboxylic acids is 2. The molecular weight excluding hydrogens is 352 g/mol. The number of fused-ring (bicyclic) bond motifs is 2. The number of nitrogens with one attached hydrogen (secondary N) is 2. The van der Waals surface area contributed by atoms with Gasteiger partial charge in [-0.25, -0.2) is 0 Å². The minimum absolute atomic E-state index is 0.0195. The van der Waals surface area contributed by atoms with Gasteiger partial charge in [-0.1, -0.05) is 36.4 Å². The molecule has 2 aromatic heterocycles. The molecule has 0 spiro atoms. The number of hydrogen-bond acceptors (Lipinski definition) is 2. The van der Waals surface area contributed by atoms with E-state index in [1.807, 2.05) is 60.7 Å². The Labute approximate surface area is 161 Å². The van der Waals surface area contributed by atoms with Crippen LogP contribution < -0.4 is 0 Å². The van der Waals surface area contributed by atoms with Crippen molar-refractivity contribution in [1.82, 2.24) is 19.8 Å². The van der Waals surface area contributed by atoms with Gasteiger partial charge in [-0.2, -0.15) is 0 Å². The van der Waals surface area contributed by atoms with Crippen LogP contribution in [0.15, 0.2) is 60.7 Å². The number of amides is 2. The Morgan fingerprint density at radius 1 is 0.643 bits per heavy atom. The maximum Gasteiger partial charge on any atom is 0.270 e.